The van der Waals surface area contributed by atoms with Crippen LogP contribution >= 0.6 is 0 Å². The molecule has 2 aromatic rings. The van der Waals surface area contributed by atoms with Crippen LogP contribution in [0.3, 0.4) is 0 Å². The van der Waals surface area contributed by atoms with Crippen LogP contribution in [-0.4, -0.2) is 27.1 Å². The Hall–Kier alpha value is -2.41. The Morgan fingerprint density at radius 3 is 2.28 bits per heavy atom. The van der Waals surface area contributed by atoms with E-state index in [1.807, 2.05) is 26.0 Å². The largest absolute Gasteiger partial charge is 0.324 e. The first-order valence-corrected chi connectivity index (χ1v) is 9.65. The normalized spacial score (nSPS) is 11.4. The average Bonchev–Trinajstić information content (AvgIpc) is 2.53. The summed E-state index contributed by atoms with van der Waals surface area (Å²) in [6.07, 6.45) is 1.01. The lowest BCUT2D eigenvalue weighted by molar-refractivity contribution is -0.114. The number of para-hydroxylation sites is 1. The molecule has 0 spiro atoms. The topological polar surface area (TPSA) is 66.5 Å². The van der Waals surface area contributed by atoms with Crippen molar-refractivity contribution >= 4 is 27.3 Å². The lowest BCUT2D eigenvalue weighted by atomic mass is 10.0. The van der Waals surface area contributed by atoms with Gasteiger partial charge in [-0.15, -0.1) is 0 Å². The number of carbonyl (C=O) groups excluding carboxylic acids is 1. The fraction of sp³-hybridized carbons (Fsp3) is 0.278. The Bertz CT molecular complexity index is 849. The zero-order chi connectivity index (χ0) is 18.6. The Labute approximate surface area is 147 Å². The summed E-state index contributed by atoms with van der Waals surface area (Å²) in [5.74, 6) is -0.741. The summed E-state index contributed by atoms with van der Waals surface area (Å²) in [7, 11) is -3.69. The van der Waals surface area contributed by atoms with E-state index in [9.17, 15) is 17.6 Å². The van der Waals surface area contributed by atoms with Gasteiger partial charge in [-0.25, -0.2) is 12.8 Å². The number of amides is 1. The second kappa shape index (κ2) is 7.65. The average molecular weight is 364 g/mol. The highest BCUT2D eigenvalue weighted by molar-refractivity contribution is 7.92. The zero-order valence-electron chi connectivity index (χ0n) is 14.4. The molecule has 2 rings (SSSR count). The number of nitrogens with zero attached hydrogens (tertiary/aromatic N) is 1. The van der Waals surface area contributed by atoms with E-state index in [0.717, 1.165) is 28.3 Å². The third-order valence-electron chi connectivity index (χ3n) is 3.66. The summed E-state index contributed by atoms with van der Waals surface area (Å²) in [5.41, 5.74) is 1.84. The minimum Gasteiger partial charge on any atom is -0.324 e. The van der Waals surface area contributed by atoms with Gasteiger partial charge in [0, 0.05) is 5.69 Å². The van der Waals surface area contributed by atoms with Gasteiger partial charge in [-0.2, -0.15) is 0 Å². The van der Waals surface area contributed by atoms with Crippen LogP contribution in [0.15, 0.2) is 48.5 Å². The quantitative estimate of drug-likeness (QED) is 0.855. The van der Waals surface area contributed by atoms with Crippen molar-refractivity contribution in [1.29, 1.82) is 0 Å². The highest BCUT2D eigenvalue weighted by atomic mass is 32.2. The van der Waals surface area contributed by atoms with Crippen molar-refractivity contribution < 1.29 is 17.6 Å². The lowest BCUT2D eigenvalue weighted by Gasteiger charge is -2.22. The highest BCUT2D eigenvalue weighted by Gasteiger charge is 2.21. The highest BCUT2D eigenvalue weighted by Crippen LogP contribution is 2.24. The molecule has 1 N–H and O–H groups in total. The Kier molecular flexibility index (Phi) is 5.79. The number of sulfonamides is 1. The van der Waals surface area contributed by atoms with Crippen LogP contribution < -0.4 is 9.62 Å². The number of carbonyl (C=O) groups is 1. The van der Waals surface area contributed by atoms with E-state index >= 15 is 0 Å². The Morgan fingerprint density at radius 2 is 1.72 bits per heavy atom. The number of benzene rings is 2. The third kappa shape index (κ3) is 5.03. The first-order chi connectivity index (χ1) is 11.7. The number of halogens is 1. The molecule has 0 saturated heterocycles. The van der Waals surface area contributed by atoms with Gasteiger partial charge < -0.3 is 5.32 Å². The molecular formula is C18H21FN2O3S. The zero-order valence-corrected chi connectivity index (χ0v) is 15.2. The summed E-state index contributed by atoms with van der Waals surface area (Å²) in [5, 5.41) is 2.76. The van der Waals surface area contributed by atoms with E-state index in [0.29, 0.717) is 5.69 Å². The second-order valence-electron chi connectivity index (χ2n) is 6.04. The first-order valence-electron chi connectivity index (χ1n) is 7.80. The summed E-state index contributed by atoms with van der Waals surface area (Å²) < 4.78 is 38.1. The molecule has 2 aromatic carbocycles. The van der Waals surface area contributed by atoms with Crippen molar-refractivity contribution in [2.24, 2.45) is 0 Å². The molecule has 0 aliphatic rings. The number of hydrogen-bond acceptors (Lipinski definition) is 3. The van der Waals surface area contributed by atoms with E-state index in [4.69, 9.17) is 0 Å². The van der Waals surface area contributed by atoms with Crippen molar-refractivity contribution in [3.05, 3.63) is 59.9 Å². The summed E-state index contributed by atoms with van der Waals surface area (Å²) in [4.78, 5) is 12.4. The number of nitrogens with one attached hydrogen (secondary N) is 1. The predicted molar refractivity (Wildman–Crippen MR) is 97.8 cm³/mol. The molecule has 0 bridgehead atoms. The van der Waals surface area contributed by atoms with Crippen molar-refractivity contribution in [3.63, 3.8) is 0 Å². The van der Waals surface area contributed by atoms with Crippen molar-refractivity contribution in [2.75, 3.05) is 22.4 Å². The summed E-state index contributed by atoms with van der Waals surface area (Å²) in [6.45, 7) is 3.62. The number of hydrogen-bond donors (Lipinski definition) is 1. The molecule has 0 atom stereocenters. The lowest BCUT2D eigenvalue weighted by Crippen LogP contribution is -2.37. The van der Waals surface area contributed by atoms with Crippen LogP contribution in [-0.2, 0) is 14.8 Å². The van der Waals surface area contributed by atoms with Crippen molar-refractivity contribution in [2.45, 2.75) is 19.8 Å². The van der Waals surface area contributed by atoms with Crippen LogP contribution in [0.2, 0.25) is 0 Å². The molecule has 0 aliphatic heterocycles. The molecule has 0 heterocycles. The number of anilines is 2. The Morgan fingerprint density at radius 1 is 1.12 bits per heavy atom. The van der Waals surface area contributed by atoms with Crippen LogP contribution in [0, 0.1) is 5.82 Å². The second-order valence-corrected chi connectivity index (χ2v) is 7.94. The van der Waals surface area contributed by atoms with Crippen LogP contribution in [0.1, 0.15) is 25.3 Å². The molecule has 25 heavy (non-hydrogen) atoms. The molecule has 0 saturated carbocycles. The van der Waals surface area contributed by atoms with Gasteiger partial charge in [0.25, 0.3) is 0 Å². The monoisotopic (exact) mass is 364 g/mol. The maximum absolute atomic E-state index is 13.1. The molecule has 0 aliphatic carbocycles. The van der Waals surface area contributed by atoms with E-state index in [1.54, 1.807) is 12.1 Å². The van der Waals surface area contributed by atoms with Crippen molar-refractivity contribution in [1.82, 2.24) is 0 Å². The number of rotatable bonds is 6. The van der Waals surface area contributed by atoms with Gasteiger partial charge in [0.15, 0.2) is 0 Å². The SMILES string of the molecule is CC(C)c1ccccc1NC(=O)CN(c1ccc(F)cc1)S(C)(=O)=O. The molecular weight excluding hydrogens is 343 g/mol. The third-order valence-corrected chi connectivity index (χ3v) is 4.80. The van der Waals surface area contributed by atoms with Crippen molar-refractivity contribution in [3.8, 4) is 0 Å². The molecule has 1 amide bonds. The molecule has 0 unspecified atom stereocenters. The summed E-state index contributed by atoms with van der Waals surface area (Å²) in [6, 6.07) is 12.3. The fourth-order valence-corrected chi connectivity index (χ4v) is 3.30. The standard InChI is InChI=1S/C18H21FN2O3S/c1-13(2)16-6-4-5-7-17(16)20-18(22)12-21(25(3,23)24)15-10-8-14(19)9-11-15/h4-11,13H,12H2,1-3H3,(H,20,22). The maximum Gasteiger partial charge on any atom is 0.245 e. The molecule has 134 valence electrons. The predicted octanol–water partition coefficient (Wildman–Crippen LogP) is 3.35. The van der Waals surface area contributed by atoms with Gasteiger partial charge >= 0.3 is 0 Å². The van der Waals surface area contributed by atoms with Crippen LogP contribution in [0.25, 0.3) is 0 Å². The van der Waals surface area contributed by atoms with E-state index in [2.05, 4.69) is 5.32 Å². The molecule has 0 aromatic heterocycles. The van der Waals surface area contributed by atoms with E-state index < -0.39 is 28.3 Å². The maximum atomic E-state index is 13.1. The van der Waals surface area contributed by atoms with Crippen LogP contribution in [0.5, 0.6) is 0 Å². The molecule has 5 nitrogen and oxygen atoms in total. The fourth-order valence-electron chi connectivity index (χ4n) is 2.44. The summed E-state index contributed by atoms with van der Waals surface area (Å²) >= 11 is 0. The molecule has 0 fully saturated rings. The smallest absolute Gasteiger partial charge is 0.245 e. The first kappa shape index (κ1) is 18.9. The van der Waals surface area contributed by atoms with Gasteiger partial charge in [0.1, 0.15) is 12.4 Å². The molecule has 0 radical (unpaired) electrons. The minimum atomic E-state index is -3.69. The van der Waals surface area contributed by atoms with Gasteiger partial charge in [0.2, 0.25) is 15.9 Å². The Balaban J connectivity index is 2.23. The molecule has 7 heteroatoms. The van der Waals surface area contributed by atoms with Gasteiger partial charge in [-0.05, 0) is 41.8 Å². The minimum absolute atomic E-state index is 0.208. The van der Waals surface area contributed by atoms with Crippen LogP contribution in [0.4, 0.5) is 15.8 Å². The van der Waals surface area contributed by atoms with Gasteiger partial charge in [-0.1, -0.05) is 32.0 Å². The van der Waals surface area contributed by atoms with E-state index in [1.165, 1.54) is 12.1 Å². The van der Waals surface area contributed by atoms with Gasteiger partial charge in [0.05, 0.1) is 11.9 Å². The van der Waals surface area contributed by atoms with E-state index in [-0.39, 0.29) is 11.6 Å². The van der Waals surface area contributed by atoms with Gasteiger partial charge in [-0.3, -0.25) is 9.10 Å².